The van der Waals surface area contributed by atoms with E-state index in [-0.39, 0.29) is 6.03 Å². The summed E-state index contributed by atoms with van der Waals surface area (Å²) in [5.74, 6) is -0.451. The van der Waals surface area contributed by atoms with Gasteiger partial charge in [-0.2, -0.15) is 0 Å². The van der Waals surface area contributed by atoms with Crippen LogP contribution in [-0.2, 0) is 4.79 Å². The lowest BCUT2D eigenvalue weighted by atomic mass is 10.00. The number of para-hydroxylation sites is 1. The van der Waals surface area contributed by atoms with E-state index >= 15 is 0 Å². The summed E-state index contributed by atoms with van der Waals surface area (Å²) in [6, 6.07) is 10.5. The van der Waals surface area contributed by atoms with Gasteiger partial charge in [-0.3, -0.25) is 9.69 Å². The highest BCUT2D eigenvalue weighted by atomic mass is 32.2. The molecule has 6 nitrogen and oxygen atoms in total. The van der Waals surface area contributed by atoms with Crippen LogP contribution in [-0.4, -0.2) is 22.2 Å². The second kappa shape index (κ2) is 4.74. The zero-order valence-electron chi connectivity index (χ0n) is 11.4. The Morgan fingerprint density at radius 3 is 2.77 bits per heavy atom. The molecule has 7 heteroatoms. The molecular weight excluding hydrogens is 300 g/mol. The number of rotatable bonds is 2. The summed E-state index contributed by atoms with van der Waals surface area (Å²) in [6.07, 6.45) is 1.65. The number of hydrogen-bond donors (Lipinski definition) is 2. The van der Waals surface area contributed by atoms with Gasteiger partial charge in [0, 0.05) is 11.8 Å². The number of urea groups is 1. The molecule has 110 valence electrons. The average Bonchev–Trinajstić information content (AvgIpc) is 2.89. The maximum absolute atomic E-state index is 12.6. The first-order valence-corrected chi connectivity index (χ1v) is 7.65. The molecule has 3 amide bonds. The smallest absolute Gasteiger partial charge is 0.327 e. The van der Waals surface area contributed by atoms with Crippen molar-refractivity contribution in [1.29, 1.82) is 0 Å². The van der Waals surface area contributed by atoms with Crippen molar-refractivity contribution >= 4 is 35.1 Å². The topological polar surface area (TPSA) is 88.3 Å². The number of nitrogens with two attached hydrogens (primary N) is 1. The Kier molecular flexibility index (Phi) is 2.83. The van der Waals surface area contributed by atoms with Crippen molar-refractivity contribution in [3.05, 3.63) is 48.2 Å². The third-order valence-corrected chi connectivity index (χ3v) is 5.11. The number of primary amides is 1. The van der Waals surface area contributed by atoms with Gasteiger partial charge in [0.15, 0.2) is 0 Å². The Morgan fingerprint density at radius 1 is 1.27 bits per heavy atom. The van der Waals surface area contributed by atoms with Crippen LogP contribution in [0.2, 0.25) is 0 Å². The molecular formula is C15H12N4O2S. The molecule has 0 fully saturated rings. The quantitative estimate of drug-likeness (QED) is 0.887. The Hall–Kier alpha value is -2.54. The zero-order chi connectivity index (χ0) is 15.3. The fraction of sp³-hybridized carbons (Fsp3) is 0.133. The predicted molar refractivity (Wildman–Crippen MR) is 82.9 cm³/mol. The van der Waals surface area contributed by atoms with Crippen LogP contribution in [0.1, 0.15) is 11.6 Å². The van der Waals surface area contributed by atoms with Gasteiger partial charge in [0.25, 0.3) is 0 Å². The monoisotopic (exact) mass is 312 g/mol. The number of anilines is 2. The molecule has 22 heavy (non-hydrogen) atoms. The molecule has 0 saturated heterocycles. The number of carbonyl (C=O) groups excluding carboxylic acids is 2. The van der Waals surface area contributed by atoms with Crippen molar-refractivity contribution in [2.75, 3.05) is 4.90 Å². The lowest BCUT2D eigenvalue weighted by Gasteiger charge is -2.33. The van der Waals surface area contributed by atoms with Crippen LogP contribution in [0, 0.1) is 0 Å². The minimum atomic E-state index is -0.523. The number of nitrogens with zero attached hydrogens (tertiary/aromatic N) is 2. The summed E-state index contributed by atoms with van der Waals surface area (Å²) in [7, 11) is 0. The Morgan fingerprint density at radius 2 is 2.05 bits per heavy atom. The molecule has 0 aliphatic carbocycles. The molecule has 0 bridgehead atoms. The minimum Gasteiger partial charge on any atom is -0.369 e. The Labute approximate surface area is 130 Å². The number of benzene rings is 1. The molecule has 2 aliphatic rings. The SMILES string of the molecule is NC(=O)C1Sc2nccc3c2C1NC(=O)N3c1ccccc1. The second-order valence-electron chi connectivity index (χ2n) is 5.09. The number of aromatic nitrogens is 1. The van der Waals surface area contributed by atoms with Crippen molar-refractivity contribution in [3.8, 4) is 0 Å². The summed E-state index contributed by atoms with van der Waals surface area (Å²) >= 11 is 1.30. The van der Waals surface area contributed by atoms with Crippen molar-refractivity contribution in [2.45, 2.75) is 16.3 Å². The van der Waals surface area contributed by atoms with Crippen LogP contribution >= 0.6 is 11.8 Å². The molecule has 0 radical (unpaired) electrons. The zero-order valence-corrected chi connectivity index (χ0v) is 12.2. The highest BCUT2D eigenvalue weighted by molar-refractivity contribution is 8.01. The van der Waals surface area contributed by atoms with Crippen LogP contribution in [0.5, 0.6) is 0 Å². The van der Waals surface area contributed by atoms with Crippen LogP contribution < -0.4 is 16.0 Å². The number of nitrogens with one attached hydrogen (secondary N) is 1. The van der Waals surface area contributed by atoms with E-state index in [1.165, 1.54) is 11.8 Å². The second-order valence-corrected chi connectivity index (χ2v) is 6.22. The van der Waals surface area contributed by atoms with E-state index in [1.807, 2.05) is 30.3 Å². The van der Waals surface area contributed by atoms with Gasteiger partial charge in [-0.1, -0.05) is 30.0 Å². The van der Waals surface area contributed by atoms with Crippen LogP contribution in [0.3, 0.4) is 0 Å². The first kappa shape index (κ1) is 13.1. The number of hydrogen-bond acceptors (Lipinski definition) is 4. The molecule has 3 N–H and O–H groups in total. The predicted octanol–water partition coefficient (Wildman–Crippen LogP) is 1.94. The van der Waals surface area contributed by atoms with Crippen molar-refractivity contribution < 1.29 is 9.59 Å². The fourth-order valence-electron chi connectivity index (χ4n) is 2.88. The van der Waals surface area contributed by atoms with E-state index in [0.717, 1.165) is 22.0 Å². The van der Waals surface area contributed by atoms with E-state index in [0.29, 0.717) is 0 Å². The van der Waals surface area contributed by atoms with Gasteiger partial charge >= 0.3 is 6.03 Å². The molecule has 4 rings (SSSR count). The van der Waals surface area contributed by atoms with Crippen LogP contribution in [0.25, 0.3) is 0 Å². The van der Waals surface area contributed by atoms with E-state index in [2.05, 4.69) is 10.3 Å². The van der Waals surface area contributed by atoms with Crippen LogP contribution in [0.15, 0.2) is 47.6 Å². The fourth-order valence-corrected chi connectivity index (χ4v) is 4.05. The number of amides is 3. The van der Waals surface area contributed by atoms with Gasteiger partial charge in [0.2, 0.25) is 5.91 Å². The van der Waals surface area contributed by atoms with Crippen molar-refractivity contribution in [3.63, 3.8) is 0 Å². The Balaban J connectivity index is 1.88. The minimum absolute atomic E-state index is 0.269. The molecule has 1 aromatic heterocycles. The summed E-state index contributed by atoms with van der Waals surface area (Å²) in [4.78, 5) is 30.1. The van der Waals surface area contributed by atoms with Crippen molar-refractivity contribution in [1.82, 2.24) is 10.3 Å². The Bertz CT molecular complexity index is 780. The normalized spacial score (nSPS) is 22.2. The lowest BCUT2D eigenvalue weighted by molar-refractivity contribution is -0.117. The van der Waals surface area contributed by atoms with E-state index in [9.17, 15) is 9.59 Å². The molecule has 2 unspecified atom stereocenters. The average molecular weight is 312 g/mol. The van der Waals surface area contributed by atoms with E-state index in [1.54, 1.807) is 17.2 Å². The number of thioether (sulfide) groups is 1. The van der Waals surface area contributed by atoms with Gasteiger partial charge in [0.1, 0.15) is 10.3 Å². The summed E-state index contributed by atoms with van der Waals surface area (Å²) in [5.41, 5.74) is 7.83. The third-order valence-electron chi connectivity index (χ3n) is 3.80. The van der Waals surface area contributed by atoms with Gasteiger partial charge < -0.3 is 11.1 Å². The summed E-state index contributed by atoms with van der Waals surface area (Å²) in [6.45, 7) is 0. The molecule has 0 saturated carbocycles. The molecule has 0 spiro atoms. The molecule has 2 atom stereocenters. The first-order valence-electron chi connectivity index (χ1n) is 6.77. The molecule has 1 aromatic carbocycles. The van der Waals surface area contributed by atoms with Crippen molar-refractivity contribution in [2.24, 2.45) is 5.73 Å². The maximum Gasteiger partial charge on any atom is 0.327 e. The lowest BCUT2D eigenvalue weighted by Crippen LogP contribution is -2.48. The molecule has 3 heterocycles. The summed E-state index contributed by atoms with van der Waals surface area (Å²) in [5, 5.41) is 3.10. The number of pyridine rings is 1. The van der Waals surface area contributed by atoms with Crippen LogP contribution in [0.4, 0.5) is 16.2 Å². The third kappa shape index (κ3) is 1.79. The van der Waals surface area contributed by atoms with Gasteiger partial charge in [-0.15, -0.1) is 0 Å². The maximum atomic E-state index is 12.6. The highest BCUT2D eigenvalue weighted by Gasteiger charge is 2.45. The first-order chi connectivity index (χ1) is 10.7. The standard InChI is InChI=1S/C15H12N4O2S/c16-13(20)12-11-10-9(6-7-17-14(10)22-12)19(15(21)18-11)8-4-2-1-3-5-8/h1-7,11-12H,(H2,16,20)(H,18,21). The van der Waals surface area contributed by atoms with Gasteiger partial charge in [-0.05, 0) is 18.2 Å². The van der Waals surface area contributed by atoms with E-state index < -0.39 is 17.2 Å². The van der Waals surface area contributed by atoms with E-state index in [4.69, 9.17) is 5.73 Å². The molecule has 2 aromatic rings. The largest absolute Gasteiger partial charge is 0.369 e. The van der Waals surface area contributed by atoms with Gasteiger partial charge in [-0.25, -0.2) is 9.78 Å². The van der Waals surface area contributed by atoms with Gasteiger partial charge in [0.05, 0.1) is 17.4 Å². The number of carbonyl (C=O) groups is 2. The highest BCUT2D eigenvalue weighted by Crippen LogP contribution is 2.50. The summed E-state index contributed by atoms with van der Waals surface area (Å²) < 4.78 is 0. The molecule has 2 aliphatic heterocycles.